The Morgan fingerprint density at radius 1 is 1.04 bits per heavy atom. The molecule has 2 aromatic heterocycles. The van der Waals surface area contributed by atoms with Crippen LogP contribution in [0.1, 0.15) is 16.8 Å². The van der Waals surface area contributed by atoms with Crippen LogP contribution in [0, 0.1) is 20.8 Å². The van der Waals surface area contributed by atoms with E-state index in [1.165, 1.54) is 11.1 Å². The summed E-state index contributed by atoms with van der Waals surface area (Å²) in [5.74, 6) is 1.39. The van der Waals surface area contributed by atoms with E-state index in [0.717, 1.165) is 62.1 Å². The van der Waals surface area contributed by atoms with Crippen LogP contribution in [0.3, 0.4) is 0 Å². The molecule has 0 radical (unpaired) electrons. The second-order valence-electron chi connectivity index (χ2n) is 7.07. The third-order valence-electron chi connectivity index (χ3n) is 5.14. The van der Waals surface area contributed by atoms with Gasteiger partial charge in [-0.1, -0.05) is 0 Å². The molecule has 1 aromatic carbocycles. The summed E-state index contributed by atoms with van der Waals surface area (Å²) in [6.45, 7) is 11.6. The van der Waals surface area contributed by atoms with Crippen molar-refractivity contribution in [3.05, 3.63) is 35.0 Å². The average molecular weight is 354 g/mol. The van der Waals surface area contributed by atoms with Crippen molar-refractivity contribution in [1.82, 2.24) is 24.2 Å². The zero-order valence-electron chi connectivity index (χ0n) is 15.7. The van der Waals surface area contributed by atoms with E-state index >= 15 is 0 Å². The van der Waals surface area contributed by atoms with Gasteiger partial charge >= 0.3 is 0 Å². The maximum absolute atomic E-state index is 6.18. The van der Waals surface area contributed by atoms with Gasteiger partial charge in [0, 0.05) is 32.2 Å². The molecule has 0 unspecified atom stereocenters. The molecule has 0 aliphatic carbocycles. The molecule has 1 aliphatic rings. The summed E-state index contributed by atoms with van der Waals surface area (Å²) in [7, 11) is 0. The second kappa shape index (κ2) is 6.74. The maximum atomic E-state index is 6.18. The lowest BCUT2D eigenvalue weighted by Gasteiger charge is -2.27. The number of benzene rings is 1. The molecule has 0 spiro atoms. The predicted molar refractivity (Wildman–Crippen MR) is 103 cm³/mol. The van der Waals surface area contributed by atoms with Crippen LogP contribution in [0.4, 0.5) is 5.82 Å². The van der Waals surface area contributed by atoms with Crippen LogP contribution < -0.4 is 5.73 Å². The Balaban J connectivity index is 1.77. The molecule has 1 aliphatic heterocycles. The van der Waals surface area contributed by atoms with E-state index < -0.39 is 0 Å². The van der Waals surface area contributed by atoms with Gasteiger partial charge in [0.2, 0.25) is 5.95 Å². The lowest BCUT2D eigenvalue weighted by molar-refractivity contribution is 0.0365. The molecular weight excluding hydrogens is 328 g/mol. The van der Waals surface area contributed by atoms with E-state index in [1.54, 1.807) is 4.68 Å². The molecule has 2 N–H and O–H groups in total. The largest absolute Gasteiger partial charge is 0.383 e. The van der Waals surface area contributed by atoms with Crippen LogP contribution in [0.2, 0.25) is 0 Å². The minimum atomic E-state index is 0.610. The number of imidazole rings is 1. The van der Waals surface area contributed by atoms with Crippen LogP contribution in [0.25, 0.3) is 17.0 Å². The van der Waals surface area contributed by atoms with Crippen LogP contribution in [0.15, 0.2) is 18.2 Å². The fourth-order valence-electron chi connectivity index (χ4n) is 3.50. The number of nitrogens with zero attached hydrogens (tertiary/aromatic N) is 5. The summed E-state index contributed by atoms with van der Waals surface area (Å²) in [4.78, 5) is 7.29. The Morgan fingerprint density at radius 2 is 1.77 bits per heavy atom. The summed E-state index contributed by atoms with van der Waals surface area (Å²) in [6, 6.07) is 6.24. The van der Waals surface area contributed by atoms with E-state index in [-0.39, 0.29) is 0 Å². The number of hydrogen-bond acceptors (Lipinski definition) is 5. The third-order valence-corrected chi connectivity index (χ3v) is 5.14. The van der Waals surface area contributed by atoms with Crippen molar-refractivity contribution in [3.63, 3.8) is 0 Å². The number of rotatable bonds is 4. The number of nitrogen functional groups attached to an aromatic ring is 1. The fraction of sp³-hybridized carbons (Fsp3) is 0.474. The fourth-order valence-corrected chi connectivity index (χ4v) is 3.50. The van der Waals surface area contributed by atoms with Gasteiger partial charge in [-0.15, -0.1) is 0 Å². The summed E-state index contributed by atoms with van der Waals surface area (Å²) in [5, 5.41) is 4.55. The third kappa shape index (κ3) is 3.08. The zero-order chi connectivity index (χ0) is 18.3. The molecular formula is C19H26N6O. The van der Waals surface area contributed by atoms with Gasteiger partial charge in [-0.3, -0.25) is 4.90 Å². The van der Waals surface area contributed by atoms with Crippen LogP contribution in [0.5, 0.6) is 0 Å². The van der Waals surface area contributed by atoms with Gasteiger partial charge in [0.25, 0.3) is 0 Å². The van der Waals surface area contributed by atoms with Gasteiger partial charge in [0.05, 0.1) is 29.9 Å². The maximum Gasteiger partial charge on any atom is 0.233 e. The highest BCUT2D eigenvalue weighted by Crippen LogP contribution is 2.24. The highest BCUT2D eigenvalue weighted by molar-refractivity contribution is 5.79. The number of aryl methyl sites for hydroxylation is 3. The SMILES string of the molecule is Cc1cc(N)n(-c2nc3cc(C)c(C)cc3n2CCN2CCOCC2)n1. The molecule has 3 aromatic rings. The molecule has 4 rings (SSSR count). The van der Waals surface area contributed by atoms with Crippen molar-refractivity contribution in [2.75, 3.05) is 38.6 Å². The normalized spacial score (nSPS) is 15.8. The summed E-state index contributed by atoms with van der Waals surface area (Å²) in [5.41, 5.74) is 11.7. The topological polar surface area (TPSA) is 74.1 Å². The van der Waals surface area contributed by atoms with Gasteiger partial charge in [-0.2, -0.15) is 9.78 Å². The van der Waals surface area contributed by atoms with Gasteiger partial charge in [0.1, 0.15) is 5.82 Å². The molecule has 0 amide bonds. The average Bonchev–Trinajstić information content (AvgIpc) is 3.13. The highest BCUT2D eigenvalue weighted by Gasteiger charge is 2.18. The molecule has 0 bridgehead atoms. The van der Waals surface area contributed by atoms with Gasteiger partial charge in [-0.25, -0.2) is 4.98 Å². The molecule has 138 valence electrons. The number of nitrogens with two attached hydrogens (primary N) is 1. The van der Waals surface area contributed by atoms with E-state index in [4.69, 9.17) is 15.5 Å². The molecule has 26 heavy (non-hydrogen) atoms. The van der Waals surface area contributed by atoms with E-state index in [1.807, 2.05) is 13.0 Å². The van der Waals surface area contributed by atoms with Crippen molar-refractivity contribution in [1.29, 1.82) is 0 Å². The van der Waals surface area contributed by atoms with Crippen LogP contribution in [-0.2, 0) is 11.3 Å². The molecule has 1 fully saturated rings. The first kappa shape index (κ1) is 17.1. The predicted octanol–water partition coefficient (Wildman–Crippen LogP) is 2.06. The lowest BCUT2D eigenvalue weighted by atomic mass is 10.1. The van der Waals surface area contributed by atoms with Crippen molar-refractivity contribution in [2.45, 2.75) is 27.3 Å². The first-order chi connectivity index (χ1) is 12.5. The summed E-state index contributed by atoms with van der Waals surface area (Å²) in [6.07, 6.45) is 0. The van der Waals surface area contributed by atoms with Crippen LogP contribution >= 0.6 is 0 Å². The molecule has 0 atom stereocenters. The quantitative estimate of drug-likeness (QED) is 0.776. The minimum Gasteiger partial charge on any atom is -0.383 e. The Hall–Kier alpha value is -2.38. The number of anilines is 1. The molecule has 0 saturated carbocycles. The van der Waals surface area contributed by atoms with Crippen molar-refractivity contribution >= 4 is 16.9 Å². The Bertz CT molecular complexity index is 935. The number of ether oxygens (including phenoxy) is 1. The summed E-state index contributed by atoms with van der Waals surface area (Å²) < 4.78 is 9.44. The molecule has 7 nitrogen and oxygen atoms in total. The highest BCUT2D eigenvalue weighted by atomic mass is 16.5. The monoisotopic (exact) mass is 354 g/mol. The minimum absolute atomic E-state index is 0.610. The lowest BCUT2D eigenvalue weighted by Crippen LogP contribution is -2.38. The number of aromatic nitrogens is 4. The second-order valence-corrected chi connectivity index (χ2v) is 7.07. The molecule has 1 saturated heterocycles. The number of hydrogen-bond donors (Lipinski definition) is 1. The first-order valence-corrected chi connectivity index (χ1v) is 9.13. The Morgan fingerprint density at radius 3 is 2.46 bits per heavy atom. The smallest absolute Gasteiger partial charge is 0.233 e. The zero-order valence-corrected chi connectivity index (χ0v) is 15.7. The molecule has 7 heteroatoms. The molecule has 3 heterocycles. The Labute approximate surface area is 153 Å². The number of morpholine rings is 1. The standard InChI is InChI=1S/C19H26N6O/c1-13-10-16-17(11-14(13)2)24(5-4-23-6-8-26-9-7-23)19(21-16)25-18(20)12-15(3)22-25/h10-12H,4-9,20H2,1-3H3. The van der Waals surface area contributed by atoms with Crippen LogP contribution in [-0.4, -0.2) is 57.1 Å². The Kier molecular flexibility index (Phi) is 4.42. The van der Waals surface area contributed by atoms with Crippen molar-refractivity contribution < 1.29 is 4.74 Å². The van der Waals surface area contributed by atoms with E-state index in [9.17, 15) is 0 Å². The van der Waals surface area contributed by atoms with E-state index in [2.05, 4.69) is 40.5 Å². The first-order valence-electron chi connectivity index (χ1n) is 9.13. The van der Waals surface area contributed by atoms with Gasteiger partial charge < -0.3 is 15.0 Å². The van der Waals surface area contributed by atoms with Crippen molar-refractivity contribution in [2.24, 2.45) is 0 Å². The van der Waals surface area contributed by atoms with Gasteiger partial charge in [-0.05, 0) is 44.0 Å². The summed E-state index contributed by atoms with van der Waals surface area (Å²) >= 11 is 0. The number of fused-ring (bicyclic) bond motifs is 1. The van der Waals surface area contributed by atoms with E-state index in [0.29, 0.717) is 5.82 Å². The van der Waals surface area contributed by atoms with Crippen molar-refractivity contribution in [3.8, 4) is 5.95 Å². The van der Waals surface area contributed by atoms with Gasteiger partial charge in [0.15, 0.2) is 0 Å².